The highest BCUT2D eigenvalue weighted by molar-refractivity contribution is 5.74. The number of β-amino-alcohol motifs (C(OH)–C–C–N with tert-alkyl or cyclic N) is 1. The molecular weight excluding hydrogens is 208 g/mol. The fraction of sp³-hybridized carbons (Fsp3) is 0.909. The minimum absolute atomic E-state index is 0.137. The fourth-order valence-electron chi connectivity index (χ4n) is 1.79. The highest BCUT2D eigenvalue weighted by atomic mass is 16.3. The van der Waals surface area contributed by atoms with Gasteiger partial charge in [-0.05, 0) is 12.8 Å². The SMILES string of the molecule is CCCCCNC(=O)N1CC[C@H](O)[C@@H](O)C1. The van der Waals surface area contributed by atoms with Crippen molar-refractivity contribution >= 4 is 6.03 Å². The molecule has 0 saturated carbocycles. The number of nitrogens with one attached hydrogen (secondary N) is 1. The van der Waals surface area contributed by atoms with Gasteiger partial charge in [0, 0.05) is 13.1 Å². The van der Waals surface area contributed by atoms with Gasteiger partial charge in [0.15, 0.2) is 0 Å². The van der Waals surface area contributed by atoms with Crippen LogP contribution in [0.1, 0.15) is 32.6 Å². The van der Waals surface area contributed by atoms with Gasteiger partial charge in [0.2, 0.25) is 0 Å². The van der Waals surface area contributed by atoms with Crippen LogP contribution < -0.4 is 5.32 Å². The molecule has 0 aromatic heterocycles. The minimum atomic E-state index is -0.810. The van der Waals surface area contributed by atoms with Gasteiger partial charge in [-0.15, -0.1) is 0 Å². The van der Waals surface area contributed by atoms with Crippen LogP contribution in [0.5, 0.6) is 0 Å². The van der Waals surface area contributed by atoms with Crippen LogP contribution in [0, 0.1) is 0 Å². The molecule has 0 bridgehead atoms. The summed E-state index contributed by atoms with van der Waals surface area (Å²) >= 11 is 0. The van der Waals surface area contributed by atoms with E-state index >= 15 is 0 Å². The Morgan fingerprint density at radius 2 is 2.12 bits per heavy atom. The van der Waals surface area contributed by atoms with E-state index in [1.807, 2.05) is 0 Å². The van der Waals surface area contributed by atoms with Crippen LogP contribution in [0.3, 0.4) is 0 Å². The molecular formula is C11H22N2O3. The fourth-order valence-corrected chi connectivity index (χ4v) is 1.79. The van der Waals surface area contributed by atoms with Gasteiger partial charge in [-0.1, -0.05) is 19.8 Å². The number of aliphatic hydroxyl groups is 2. The number of carbonyl (C=O) groups is 1. The van der Waals surface area contributed by atoms with Gasteiger partial charge in [-0.25, -0.2) is 4.79 Å². The molecule has 0 unspecified atom stereocenters. The number of amides is 2. The molecule has 0 aromatic rings. The molecule has 5 heteroatoms. The molecule has 2 atom stereocenters. The molecule has 1 aliphatic rings. The van der Waals surface area contributed by atoms with Crippen molar-refractivity contribution in [3.63, 3.8) is 0 Å². The topological polar surface area (TPSA) is 72.8 Å². The Balaban J connectivity index is 2.21. The first-order valence-electron chi connectivity index (χ1n) is 6.04. The van der Waals surface area contributed by atoms with Crippen molar-refractivity contribution in [2.45, 2.75) is 44.8 Å². The van der Waals surface area contributed by atoms with Crippen molar-refractivity contribution < 1.29 is 15.0 Å². The maximum Gasteiger partial charge on any atom is 0.317 e. The van der Waals surface area contributed by atoms with Gasteiger partial charge < -0.3 is 20.4 Å². The van der Waals surface area contributed by atoms with Gasteiger partial charge in [0.1, 0.15) is 0 Å². The summed E-state index contributed by atoms with van der Waals surface area (Å²) in [5.74, 6) is 0. The first-order chi connectivity index (χ1) is 7.65. The second-order valence-corrected chi connectivity index (χ2v) is 4.31. The number of carbonyl (C=O) groups excluding carboxylic acids is 1. The zero-order chi connectivity index (χ0) is 12.0. The number of rotatable bonds is 4. The zero-order valence-electron chi connectivity index (χ0n) is 9.85. The maximum atomic E-state index is 11.6. The average molecular weight is 230 g/mol. The molecule has 1 fully saturated rings. The van der Waals surface area contributed by atoms with E-state index in [4.69, 9.17) is 0 Å². The van der Waals surface area contributed by atoms with Crippen molar-refractivity contribution in [3.05, 3.63) is 0 Å². The summed E-state index contributed by atoms with van der Waals surface area (Å²) in [5.41, 5.74) is 0. The van der Waals surface area contributed by atoms with Gasteiger partial charge in [-0.3, -0.25) is 0 Å². The van der Waals surface area contributed by atoms with E-state index in [9.17, 15) is 15.0 Å². The number of unbranched alkanes of at least 4 members (excludes halogenated alkanes) is 2. The number of nitrogens with zero attached hydrogens (tertiary/aromatic N) is 1. The van der Waals surface area contributed by atoms with Gasteiger partial charge >= 0.3 is 6.03 Å². The van der Waals surface area contributed by atoms with Crippen LogP contribution in [0.2, 0.25) is 0 Å². The van der Waals surface area contributed by atoms with Crippen molar-refractivity contribution in [1.29, 1.82) is 0 Å². The molecule has 5 nitrogen and oxygen atoms in total. The number of aliphatic hydroxyl groups excluding tert-OH is 2. The molecule has 0 radical (unpaired) electrons. The van der Waals surface area contributed by atoms with Crippen molar-refractivity contribution in [1.82, 2.24) is 10.2 Å². The summed E-state index contributed by atoms with van der Waals surface area (Å²) in [6, 6.07) is -0.137. The van der Waals surface area contributed by atoms with Crippen molar-refractivity contribution in [3.8, 4) is 0 Å². The Labute approximate surface area is 96.4 Å². The van der Waals surface area contributed by atoms with E-state index in [2.05, 4.69) is 12.2 Å². The summed E-state index contributed by atoms with van der Waals surface area (Å²) in [7, 11) is 0. The van der Waals surface area contributed by atoms with Gasteiger partial charge in [0.05, 0.1) is 18.8 Å². The standard InChI is InChI=1S/C11H22N2O3/c1-2-3-4-6-12-11(16)13-7-5-9(14)10(15)8-13/h9-10,14-15H,2-8H2,1H3,(H,12,16)/t9-,10-/m0/s1. The van der Waals surface area contributed by atoms with E-state index < -0.39 is 12.2 Å². The summed E-state index contributed by atoms with van der Waals surface area (Å²) in [6.07, 6.45) is 2.18. The van der Waals surface area contributed by atoms with Crippen LogP contribution >= 0.6 is 0 Å². The lowest BCUT2D eigenvalue weighted by Gasteiger charge is -2.33. The third-order valence-electron chi connectivity index (χ3n) is 2.89. The largest absolute Gasteiger partial charge is 0.390 e. The second-order valence-electron chi connectivity index (χ2n) is 4.31. The first-order valence-corrected chi connectivity index (χ1v) is 6.04. The summed E-state index contributed by atoms with van der Waals surface area (Å²) in [4.78, 5) is 13.2. The molecule has 3 N–H and O–H groups in total. The molecule has 1 saturated heterocycles. The molecule has 1 heterocycles. The molecule has 16 heavy (non-hydrogen) atoms. The highest BCUT2D eigenvalue weighted by Crippen LogP contribution is 2.10. The minimum Gasteiger partial charge on any atom is -0.390 e. The van der Waals surface area contributed by atoms with Crippen molar-refractivity contribution in [2.24, 2.45) is 0 Å². The van der Waals surface area contributed by atoms with E-state index in [1.54, 1.807) is 4.90 Å². The van der Waals surface area contributed by atoms with Crippen LogP contribution in [0.15, 0.2) is 0 Å². The van der Waals surface area contributed by atoms with E-state index in [-0.39, 0.29) is 12.6 Å². The average Bonchev–Trinajstić information content (AvgIpc) is 2.28. The molecule has 2 amide bonds. The second kappa shape index (κ2) is 6.70. The number of hydrogen-bond donors (Lipinski definition) is 3. The Morgan fingerprint density at radius 1 is 1.38 bits per heavy atom. The van der Waals surface area contributed by atoms with E-state index in [1.165, 1.54) is 0 Å². The summed E-state index contributed by atoms with van der Waals surface area (Å²) in [6.45, 7) is 3.53. The quantitative estimate of drug-likeness (QED) is 0.609. The number of piperidine rings is 1. The third kappa shape index (κ3) is 3.98. The zero-order valence-corrected chi connectivity index (χ0v) is 9.85. The first kappa shape index (κ1) is 13.3. The van der Waals surface area contributed by atoms with Crippen LogP contribution in [0.25, 0.3) is 0 Å². The molecule has 0 aliphatic carbocycles. The Hall–Kier alpha value is -0.810. The van der Waals surface area contributed by atoms with Crippen LogP contribution in [-0.2, 0) is 0 Å². The molecule has 94 valence electrons. The van der Waals surface area contributed by atoms with Crippen molar-refractivity contribution in [2.75, 3.05) is 19.6 Å². The number of urea groups is 1. The molecule has 0 aromatic carbocycles. The molecule has 0 spiro atoms. The van der Waals surface area contributed by atoms with Gasteiger partial charge in [0.25, 0.3) is 0 Å². The monoisotopic (exact) mass is 230 g/mol. The summed E-state index contributed by atoms with van der Waals surface area (Å²) < 4.78 is 0. The highest BCUT2D eigenvalue weighted by Gasteiger charge is 2.28. The lowest BCUT2D eigenvalue weighted by atomic mass is 10.1. The van der Waals surface area contributed by atoms with Crippen LogP contribution in [-0.4, -0.2) is 53.0 Å². The number of hydrogen-bond acceptors (Lipinski definition) is 3. The van der Waals surface area contributed by atoms with Crippen LogP contribution in [0.4, 0.5) is 4.79 Å². The molecule has 1 rings (SSSR count). The normalized spacial score (nSPS) is 25.6. The third-order valence-corrected chi connectivity index (χ3v) is 2.89. The lowest BCUT2D eigenvalue weighted by molar-refractivity contribution is -0.0276. The maximum absolute atomic E-state index is 11.6. The number of likely N-dealkylation sites (tertiary alicyclic amines) is 1. The Bertz CT molecular complexity index is 223. The Morgan fingerprint density at radius 3 is 2.75 bits per heavy atom. The van der Waals surface area contributed by atoms with Gasteiger partial charge in [-0.2, -0.15) is 0 Å². The smallest absolute Gasteiger partial charge is 0.317 e. The van der Waals surface area contributed by atoms with E-state index in [0.29, 0.717) is 19.5 Å². The summed E-state index contributed by atoms with van der Waals surface area (Å²) in [5, 5.41) is 21.6. The molecule has 1 aliphatic heterocycles. The van der Waals surface area contributed by atoms with E-state index in [0.717, 1.165) is 19.3 Å². The predicted molar refractivity (Wildman–Crippen MR) is 61.1 cm³/mol. The lowest BCUT2D eigenvalue weighted by Crippen LogP contribution is -2.52. The predicted octanol–water partition coefficient (Wildman–Crippen LogP) is 0.314. The Kier molecular flexibility index (Phi) is 5.55.